The molecule has 0 amide bonds. The Morgan fingerprint density at radius 2 is 1.57 bits per heavy atom. The van der Waals surface area contributed by atoms with E-state index in [9.17, 15) is 8.42 Å². The summed E-state index contributed by atoms with van der Waals surface area (Å²) in [5.74, 6) is 0.670. The SMILES string of the molecule is CC(C)CN(CC(C)C)S(=O)(=O)Cc1cccc(CN)c1. The highest BCUT2D eigenvalue weighted by atomic mass is 32.2. The molecule has 0 unspecified atom stereocenters. The van der Waals surface area contributed by atoms with Gasteiger partial charge in [0.15, 0.2) is 0 Å². The first-order chi connectivity index (χ1) is 9.74. The molecule has 4 nitrogen and oxygen atoms in total. The Morgan fingerprint density at radius 3 is 2.05 bits per heavy atom. The van der Waals surface area contributed by atoms with E-state index in [1.807, 2.05) is 52.0 Å². The molecule has 21 heavy (non-hydrogen) atoms. The van der Waals surface area contributed by atoms with Crippen molar-refractivity contribution in [2.24, 2.45) is 17.6 Å². The van der Waals surface area contributed by atoms with Gasteiger partial charge in [-0.25, -0.2) is 12.7 Å². The zero-order valence-corrected chi connectivity index (χ0v) is 14.4. The number of sulfonamides is 1. The van der Waals surface area contributed by atoms with Gasteiger partial charge >= 0.3 is 0 Å². The number of benzene rings is 1. The quantitative estimate of drug-likeness (QED) is 0.802. The van der Waals surface area contributed by atoms with Crippen LogP contribution < -0.4 is 5.73 Å². The molecule has 0 atom stereocenters. The largest absolute Gasteiger partial charge is 0.326 e. The molecule has 0 saturated heterocycles. The van der Waals surface area contributed by atoms with Crippen LogP contribution in [0.3, 0.4) is 0 Å². The lowest BCUT2D eigenvalue weighted by Gasteiger charge is -2.25. The summed E-state index contributed by atoms with van der Waals surface area (Å²) in [4.78, 5) is 0. The zero-order chi connectivity index (χ0) is 16.0. The minimum Gasteiger partial charge on any atom is -0.326 e. The highest BCUT2D eigenvalue weighted by molar-refractivity contribution is 7.88. The van der Waals surface area contributed by atoms with Crippen LogP contribution in [0.2, 0.25) is 0 Å². The molecule has 0 aromatic heterocycles. The molecule has 2 N–H and O–H groups in total. The average Bonchev–Trinajstić information content (AvgIpc) is 2.36. The van der Waals surface area contributed by atoms with E-state index in [0.717, 1.165) is 11.1 Å². The third-order valence-corrected chi connectivity index (χ3v) is 4.89. The van der Waals surface area contributed by atoms with Gasteiger partial charge in [0.1, 0.15) is 0 Å². The molecule has 0 saturated carbocycles. The molecule has 0 radical (unpaired) electrons. The van der Waals surface area contributed by atoms with Gasteiger partial charge in [-0.05, 0) is 23.0 Å². The van der Waals surface area contributed by atoms with Crippen LogP contribution in [-0.2, 0) is 22.3 Å². The Labute approximate surface area is 129 Å². The van der Waals surface area contributed by atoms with Gasteiger partial charge in [0.25, 0.3) is 0 Å². The van der Waals surface area contributed by atoms with E-state index in [1.165, 1.54) is 0 Å². The Bertz CT molecular complexity index is 529. The van der Waals surface area contributed by atoms with Gasteiger partial charge in [-0.3, -0.25) is 0 Å². The maximum Gasteiger partial charge on any atom is 0.218 e. The second-order valence-electron chi connectivity index (χ2n) is 6.38. The van der Waals surface area contributed by atoms with Crippen molar-refractivity contribution in [2.75, 3.05) is 13.1 Å². The molecule has 0 heterocycles. The third-order valence-electron chi connectivity index (χ3n) is 3.11. The fourth-order valence-electron chi connectivity index (χ4n) is 2.26. The molecule has 0 aliphatic rings. The number of hydrogen-bond donors (Lipinski definition) is 1. The number of nitrogens with two attached hydrogens (primary N) is 1. The van der Waals surface area contributed by atoms with Crippen molar-refractivity contribution in [2.45, 2.75) is 40.0 Å². The van der Waals surface area contributed by atoms with Gasteiger partial charge in [-0.1, -0.05) is 52.0 Å². The third kappa shape index (κ3) is 6.16. The summed E-state index contributed by atoms with van der Waals surface area (Å²) in [7, 11) is -3.30. The Balaban J connectivity index is 2.93. The number of rotatable bonds is 8. The smallest absolute Gasteiger partial charge is 0.218 e. The van der Waals surface area contributed by atoms with Gasteiger partial charge in [0, 0.05) is 19.6 Å². The van der Waals surface area contributed by atoms with Crippen molar-refractivity contribution < 1.29 is 8.42 Å². The summed E-state index contributed by atoms with van der Waals surface area (Å²) in [6, 6.07) is 7.50. The highest BCUT2D eigenvalue weighted by Gasteiger charge is 2.24. The molecule has 0 fully saturated rings. The lowest BCUT2D eigenvalue weighted by Crippen LogP contribution is -2.37. The fraction of sp³-hybridized carbons (Fsp3) is 0.625. The molecule has 0 spiro atoms. The predicted molar refractivity (Wildman–Crippen MR) is 88.2 cm³/mol. The maximum absolute atomic E-state index is 12.7. The van der Waals surface area contributed by atoms with Crippen molar-refractivity contribution in [1.29, 1.82) is 0 Å². The van der Waals surface area contributed by atoms with Gasteiger partial charge in [0.05, 0.1) is 5.75 Å². The molecule has 1 aromatic rings. The zero-order valence-electron chi connectivity index (χ0n) is 13.5. The first-order valence-electron chi connectivity index (χ1n) is 7.50. The summed E-state index contributed by atoms with van der Waals surface area (Å²) in [6.07, 6.45) is 0. The van der Waals surface area contributed by atoms with Gasteiger partial charge in [-0.15, -0.1) is 0 Å². The van der Waals surface area contributed by atoms with Crippen LogP contribution in [-0.4, -0.2) is 25.8 Å². The van der Waals surface area contributed by atoms with Crippen LogP contribution in [0.15, 0.2) is 24.3 Å². The molecule has 120 valence electrons. The van der Waals surface area contributed by atoms with E-state index < -0.39 is 10.0 Å². The fourth-order valence-corrected chi connectivity index (χ4v) is 4.10. The Kier molecular flexibility index (Phi) is 6.84. The number of hydrogen-bond acceptors (Lipinski definition) is 3. The minimum absolute atomic E-state index is 0.0419. The topological polar surface area (TPSA) is 63.4 Å². The van der Waals surface area contributed by atoms with E-state index in [1.54, 1.807) is 4.31 Å². The summed E-state index contributed by atoms with van der Waals surface area (Å²) in [6.45, 7) is 9.72. The van der Waals surface area contributed by atoms with Gasteiger partial charge < -0.3 is 5.73 Å². The normalized spacial score (nSPS) is 12.6. The van der Waals surface area contributed by atoms with Crippen LogP contribution >= 0.6 is 0 Å². The van der Waals surface area contributed by atoms with Crippen LogP contribution in [0.25, 0.3) is 0 Å². The maximum atomic E-state index is 12.7. The summed E-state index contributed by atoms with van der Waals surface area (Å²) in [5.41, 5.74) is 7.38. The van der Waals surface area contributed by atoms with E-state index in [-0.39, 0.29) is 5.75 Å². The first kappa shape index (κ1) is 18.1. The molecule has 1 aromatic carbocycles. The molecule has 0 bridgehead atoms. The average molecular weight is 312 g/mol. The molecule has 0 aliphatic heterocycles. The lowest BCUT2D eigenvalue weighted by atomic mass is 10.1. The number of nitrogens with zero attached hydrogens (tertiary/aromatic N) is 1. The minimum atomic E-state index is -3.30. The van der Waals surface area contributed by atoms with E-state index in [2.05, 4.69) is 0 Å². The molecule has 1 rings (SSSR count). The van der Waals surface area contributed by atoms with Crippen LogP contribution in [0, 0.1) is 11.8 Å². The van der Waals surface area contributed by atoms with Crippen molar-refractivity contribution >= 4 is 10.0 Å². The molecular weight excluding hydrogens is 284 g/mol. The van der Waals surface area contributed by atoms with Crippen LogP contribution in [0.5, 0.6) is 0 Å². The monoisotopic (exact) mass is 312 g/mol. The van der Waals surface area contributed by atoms with E-state index in [4.69, 9.17) is 5.73 Å². The van der Waals surface area contributed by atoms with Gasteiger partial charge in [0.2, 0.25) is 10.0 Å². The molecule has 5 heteroatoms. The highest BCUT2D eigenvalue weighted by Crippen LogP contribution is 2.16. The second kappa shape index (κ2) is 7.92. The summed E-state index contributed by atoms with van der Waals surface area (Å²) < 4.78 is 27.0. The van der Waals surface area contributed by atoms with Crippen LogP contribution in [0.1, 0.15) is 38.8 Å². The van der Waals surface area contributed by atoms with E-state index in [0.29, 0.717) is 31.5 Å². The Hall–Kier alpha value is -0.910. The first-order valence-corrected chi connectivity index (χ1v) is 9.11. The standard InChI is InChI=1S/C16H28N2O2S/c1-13(2)10-18(11-14(3)4)21(19,20)12-16-7-5-6-15(8-16)9-17/h5-8,13-14H,9-12,17H2,1-4H3. The van der Waals surface area contributed by atoms with Crippen molar-refractivity contribution in [1.82, 2.24) is 4.31 Å². The van der Waals surface area contributed by atoms with Crippen molar-refractivity contribution in [3.8, 4) is 0 Å². The van der Waals surface area contributed by atoms with Crippen molar-refractivity contribution in [3.63, 3.8) is 0 Å². The van der Waals surface area contributed by atoms with E-state index >= 15 is 0 Å². The molecular formula is C16H28N2O2S. The summed E-state index contributed by atoms with van der Waals surface area (Å²) >= 11 is 0. The molecule has 0 aliphatic carbocycles. The summed E-state index contributed by atoms with van der Waals surface area (Å²) in [5, 5.41) is 0. The predicted octanol–water partition coefficient (Wildman–Crippen LogP) is 2.59. The van der Waals surface area contributed by atoms with Crippen LogP contribution in [0.4, 0.5) is 0 Å². The Morgan fingerprint density at radius 1 is 1.05 bits per heavy atom. The second-order valence-corrected chi connectivity index (χ2v) is 8.35. The van der Waals surface area contributed by atoms with Gasteiger partial charge in [-0.2, -0.15) is 0 Å². The van der Waals surface area contributed by atoms with Crippen molar-refractivity contribution in [3.05, 3.63) is 35.4 Å². The lowest BCUT2D eigenvalue weighted by molar-refractivity contribution is 0.333.